The molecule has 9 nitrogen and oxygen atoms in total. The number of hydrogen-bond donors (Lipinski definition) is 1. The molecule has 0 spiro atoms. The summed E-state index contributed by atoms with van der Waals surface area (Å²) in [6.07, 6.45) is 6.12. The fourth-order valence-electron chi connectivity index (χ4n) is 4.14. The van der Waals surface area contributed by atoms with Crippen LogP contribution in [0.15, 0.2) is 61.2 Å². The molecular weight excluding hydrogens is 447 g/mol. The maximum absolute atomic E-state index is 14.1. The van der Waals surface area contributed by atoms with Crippen LogP contribution in [-0.2, 0) is 0 Å². The number of nitrogen functional groups attached to an aromatic ring is 1. The highest BCUT2D eigenvalue weighted by atomic mass is 19.1. The molecule has 10 heteroatoms. The molecule has 1 aliphatic heterocycles. The van der Waals surface area contributed by atoms with E-state index in [0.29, 0.717) is 17.0 Å². The lowest BCUT2D eigenvalue weighted by Gasteiger charge is -2.33. The monoisotopic (exact) mass is 474 g/mol. The van der Waals surface area contributed by atoms with Gasteiger partial charge in [0.15, 0.2) is 11.6 Å². The van der Waals surface area contributed by atoms with Crippen LogP contribution < -0.4 is 15.4 Å². The van der Waals surface area contributed by atoms with Gasteiger partial charge in [-0.15, -0.1) is 0 Å². The summed E-state index contributed by atoms with van der Waals surface area (Å²) in [6.45, 7) is 5.69. The third-order valence-corrected chi connectivity index (χ3v) is 6.15. The number of likely N-dealkylation sites (N-methyl/N-ethyl adjacent to an activating group) is 1. The Hall–Kier alpha value is -4.05. The number of nitrogens with zero attached hydrogens (tertiary/aromatic N) is 7. The maximum atomic E-state index is 14.1. The molecule has 3 aromatic heterocycles. The zero-order chi connectivity index (χ0) is 24.4. The van der Waals surface area contributed by atoms with Gasteiger partial charge in [0.05, 0.1) is 18.1 Å². The van der Waals surface area contributed by atoms with Gasteiger partial charge in [0.2, 0.25) is 0 Å². The van der Waals surface area contributed by atoms with E-state index in [1.807, 2.05) is 19.1 Å². The summed E-state index contributed by atoms with van der Waals surface area (Å²) in [7, 11) is 2.13. The van der Waals surface area contributed by atoms with E-state index >= 15 is 0 Å². The van der Waals surface area contributed by atoms with Crippen LogP contribution in [0.3, 0.4) is 0 Å². The van der Waals surface area contributed by atoms with Crippen LogP contribution in [0, 0.1) is 5.82 Å². The first-order valence-corrected chi connectivity index (χ1v) is 11.5. The highest BCUT2D eigenvalue weighted by Gasteiger charge is 2.19. The van der Waals surface area contributed by atoms with Crippen molar-refractivity contribution in [2.24, 2.45) is 0 Å². The Morgan fingerprint density at radius 3 is 2.49 bits per heavy atom. The summed E-state index contributed by atoms with van der Waals surface area (Å²) in [5.41, 5.74) is 9.18. The van der Waals surface area contributed by atoms with E-state index in [2.05, 4.69) is 43.1 Å². The van der Waals surface area contributed by atoms with Crippen LogP contribution >= 0.6 is 0 Å². The first kappa shape index (κ1) is 22.7. The second-order valence-electron chi connectivity index (χ2n) is 8.58. The zero-order valence-corrected chi connectivity index (χ0v) is 19.7. The van der Waals surface area contributed by atoms with Gasteiger partial charge in [-0.2, -0.15) is 15.0 Å². The SMILES string of the molecule is C[C@@H](Oc1cc(-c2ccnc(N3CCN(C)CC3)c2)cnc1N)c1cc(F)ccc1-n1nccn1. The van der Waals surface area contributed by atoms with Gasteiger partial charge in [0, 0.05) is 49.7 Å². The van der Waals surface area contributed by atoms with Crippen LogP contribution in [0.4, 0.5) is 16.0 Å². The Morgan fingerprint density at radius 2 is 1.71 bits per heavy atom. The topological polar surface area (TPSA) is 98.2 Å². The molecule has 1 aliphatic rings. The largest absolute Gasteiger partial charge is 0.482 e. The number of nitrogens with two attached hydrogens (primary N) is 1. The molecule has 0 amide bonds. The average molecular weight is 475 g/mol. The van der Waals surface area contributed by atoms with Gasteiger partial charge in [-0.05, 0) is 55.9 Å². The van der Waals surface area contributed by atoms with Crippen LogP contribution in [0.25, 0.3) is 16.8 Å². The second kappa shape index (κ2) is 9.67. The molecule has 1 saturated heterocycles. The van der Waals surface area contributed by atoms with Gasteiger partial charge < -0.3 is 20.3 Å². The number of anilines is 2. The van der Waals surface area contributed by atoms with Crippen molar-refractivity contribution in [2.75, 3.05) is 43.9 Å². The molecule has 180 valence electrons. The minimum atomic E-state index is -0.538. The number of ether oxygens (including phenoxy) is 1. The Bertz CT molecular complexity index is 1300. The smallest absolute Gasteiger partial charge is 0.166 e. The number of pyridine rings is 2. The quantitative estimate of drug-likeness (QED) is 0.454. The van der Waals surface area contributed by atoms with Crippen LogP contribution in [0.2, 0.25) is 0 Å². The molecule has 35 heavy (non-hydrogen) atoms. The minimum absolute atomic E-state index is 0.254. The predicted molar refractivity (Wildman–Crippen MR) is 132 cm³/mol. The lowest BCUT2D eigenvalue weighted by molar-refractivity contribution is 0.226. The van der Waals surface area contributed by atoms with Gasteiger partial charge in [-0.3, -0.25) is 0 Å². The van der Waals surface area contributed by atoms with E-state index in [-0.39, 0.29) is 11.6 Å². The van der Waals surface area contributed by atoms with Gasteiger partial charge in [-0.25, -0.2) is 14.4 Å². The summed E-state index contributed by atoms with van der Waals surface area (Å²) in [5.74, 6) is 1.22. The molecule has 5 rings (SSSR count). The molecule has 0 saturated carbocycles. The van der Waals surface area contributed by atoms with Crippen molar-refractivity contribution in [2.45, 2.75) is 13.0 Å². The van der Waals surface area contributed by atoms with E-state index in [1.165, 1.54) is 16.9 Å². The number of piperazine rings is 1. The third-order valence-electron chi connectivity index (χ3n) is 6.15. The maximum Gasteiger partial charge on any atom is 0.166 e. The Labute approximate surface area is 203 Å². The first-order chi connectivity index (χ1) is 17.0. The fourth-order valence-corrected chi connectivity index (χ4v) is 4.14. The number of benzene rings is 1. The molecule has 0 unspecified atom stereocenters. The van der Waals surface area contributed by atoms with Crippen molar-refractivity contribution in [1.82, 2.24) is 29.9 Å². The van der Waals surface area contributed by atoms with E-state index in [1.54, 1.807) is 30.9 Å². The summed E-state index contributed by atoms with van der Waals surface area (Å²) < 4.78 is 20.3. The minimum Gasteiger partial charge on any atom is -0.482 e. The van der Waals surface area contributed by atoms with Crippen molar-refractivity contribution in [3.8, 4) is 22.6 Å². The van der Waals surface area contributed by atoms with E-state index in [0.717, 1.165) is 43.1 Å². The molecule has 1 aromatic carbocycles. The van der Waals surface area contributed by atoms with Gasteiger partial charge in [-0.1, -0.05) is 0 Å². The number of hydrogen-bond acceptors (Lipinski definition) is 8. The summed E-state index contributed by atoms with van der Waals surface area (Å²) in [5, 5.41) is 8.33. The van der Waals surface area contributed by atoms with Gasteiger partial charge in [0.25, 0.3) is 0 Å². The van der Waals surface area contributed by atoms with Crippen molar-refractivity contribution in [3.05, 3.63) is 72.6 Å². The number of halogens is 1. The van der Waals surface area contributed by atoms with Gasteiger partial charge in [0.1, 0.15) is 17.7 Å². The fraction of sp³-hybridized carbons (Fsp3) is 0.280. The molecule has 0 bridgehead atoms. The number of rotatable bonds is 6. The van der Waals surface area contributed by atoms with Crippen LogP contribution in [0.5, 0.6) is 5.75 Å². The van der Waals surface area contributed by atoms with Crippen LogP contribution in [-0.4, -0.2) is 63.1 Å². The predicted octanol–water partition coefficient (Wildman–Crippen LogP) is 3.34. The Balaban J connectivity index is 1.41. The molecule has 4 heterocycles. The van der Waals surface area contributed by atoms with Crippen LogP contribution in [0.1, 0.15) is 18.6 Å². The molecule has 2 N–H and O–H groups in total. The van der Waals surface area contributed by atoms with Gasteiger partial charge >= 0.3 is 0 Å². The highest BCUT2D eigenvalue weighted by molar-refractivity contribution is 5.69. The average Bonchev–Trinajstić information content (AvgIpc) is 3.41. The highest BCUT2D eigenvalue weighted by Crippen LogP contribution is 2.33. The van der Waals surface area contributed by atoms with Crippen molar-refractivity contribution >= 4 is 11.6 Å². The lowest BCUT2D eigenvalue weighted by Crippen LogP contribution is -2.44. The molecular formula is C25H27FN8O. The summed E-state index contributed by atoms with van der Waals surface area (Å²) in [4.78, 5) is 14.9. The zero-order valence-electron chi connectivity index (χ0n) is 19.7. The third kappa shape index (κ3) is 4.92. The first-order valence-electron chi connectivity index (χ1n) is 11.5. The normalized spacial score (nSPS) is 15.2. The Kier molecular flexibility index (Phi) is 6.28. The van der Waals surface area contributed by atoms with E-state index < -0.39 is 6.10 Å². The summed E-state index contributed by atoms with van der Waals surface area (Å²) in [6, 6.07) is 10.3. The van der Waals surface area contributed by atoms with E-state index in [4.69, 9.17) is 10.5 Å². The number of aromatic nitrogens is 5. The second-order valence-corrected chi connectivity index (χ2v) is 8.58. The summed E-state index contributed by atoms with van der Waals surface area (Å²) >= 11 is 0. The van der Waals surface area contributed by atoms with Crippen molar-refractivity contribution in [1.29, 1.82) is 0 Å². The van der Waals surface area contributed by atoms with Crippen molar-refractivity contribution in [3.63, 3.8) is 0 Å². The van der Waals surface area contributed by atoms with E-state index in [9.17, 15) is 4.39 Å². The van der Waals surface area contributed by atoms with Crippen molar-refractivity contribution < 1.29 is 9.13 Å². The molecule has 0 radical (unpaired) electrons. The standard InChI is InChI=1S/C25H27FN8O/c1-17(21-15-20(26)3-4-22(21)34-30-7-8-31-34)35-23-13-19(16-29-25(23)27)18-5-6-28-24(14-18)33-11-9-32(2)10-12-33/h3-8,13-17H,9-12H2,1-2H3,(H2,27,29)/t17-/m1/s1. The molecule has 4 aromatic rings. The molecule has 0 aliphatic carbocycles. The lowest BCUT2D eigenvalue weighted by atomic mass is 10.1. The molecule has 1 atom stereocenters. The Morgan fingerprint density at radius 1 is 0.943 bits per heavy atom. The molecule has 1 fully saturated rings.